The maximum absolute atomic E-state index is 12.0. The molecule has 0 bridgehead atoms. The minimum Gasteiger partial charge on any atom is -0.370 e. The molecule has 3 rings (SSSR count). The molecule has 1 fully saturated rings. The van der Waals surface area contributed by atoms with E-state index in [4.69, 9.17) is 0 Å². The molecule has 0 radical (unpaired) electrons. The highest BCUT2D eigenvalue weighted by Gasteiger charge is 2.33. The summed E-state index contributed by atoms with van der Waals surface area (Å²) >= 11 is 0. The van der Waals surface area contributed by atoms with Gasteiger partial charge in [-0.3, -0.25) is 4.79 Å². The fraction of sp³-hybridized carbons (Fsp3) is 0.333. The van der Waals surface area contributed by atoms with Gasteiger partial charge in [0.05, 0.1) is 11.6 Å². The van der Waals surface area contributed by atoms with Gasteiger partial charge in [0, 0.05) is 29.8 Å². The molecule has 24 heavy (non-hydrogen) atoms. The number of hydrogen-bond donors (Lipinski definition) is 0. The van der Waals surface area contributed by atoms with E-state index in [0.29, 0.717) is 11.1 Å². The Morgan fingerprint density at radius 2 is 1.96 bits per heavy atom. The summed E-state index contributed by atoms with van der Waals surface area (Å²) in [6, 6.07) is 18.1. The Morgan fingerprint density at radius 3 is 2.62 bits per heavy atom. The van der Waals surface area contributed by atoms with Crippen LogP contribution < -0.4 is 4.90 Å². The van der Waals surface area contributed by atoms with Crippen molar-refractivity contribution in [3.05, 3.63) is 65.2 Å². The van der Waals surface area contributed by atoms with Crippen molar-refractivity contribution in [2.75, 3.05) is 18.0 Å². The molecule has 1 atom stereocenters. The van der Waals surface area contributed by atoms with E-state index in [9.17, 15) is 10.1 Å². The van der Waals surface area contributed by atoms with E-state index in [1.165, 1.54) is 5.56 Å². The third-order valence-corrected chi connectivity index (χ3v) is 5.01. The van der Waals surface area contributed by atoms with Crippen LogP contribution in [-0.2, 0) is 5.41 Å². The van der Waals surface area contributed by atoms with E-state index in [0.717, 1.165) is 31.6 Å². The number of Topliss-reactive ketones (excluding diaryl/α,β-unsaturated/α-hetero) is 1. The molecule has 3 heteroatoms. The SMILES string of the molecule is CC(=O)c1ccc(C#N)cc1N1CCCC(C)(c2ccccc2)C1. The lowest BCUT2D eigenvalue weighted by atomic mass is 9.75. The molecule has 0 amide bonds. The van der Waals surface area contributed by atoms with Crippen LogP contribution in [-0.4, -0.2) is 18.9 Å². The highest BCUT2D eigenvalue weighted by molar-refractivity contribution is 6.00. The van der Waals surface area contributed by atoms with Crippen molar-refractivity contribution < 1.29 is 4.79 Å². The van der Waals surface area contributed by atoms with Gasteiger partial charge in [0.1, 0.15) is 0 Å². The van der Waals surface area contributed by atoms with Crippen LogP contribution in [0.2, 0.25) is 0 Å². The molecule has 1 aliphatic heterocycles. The topological polar surface area (TPSA) is 44.1 Å². The van der Waals surface area contributed by atoms with Gasteiger partial charge in [-0.25, -0.2) is 0 Å². The van der Waals surface area contributed by atoms with Gasteiger partial charge in [0.25, 0.3) is 0 Å². The normalized spacial score (nSPS) is 20.5. The summed E-state index contributed by atoms with van der Waals surface area (Å²) in [7, 11) is 0. The lowest BCUT2D eigenvalue weighted by molar-refractivity contribution is 0.101. The molecule has 122 valence electrons. The molecule has 1 heterocycles. The van der Waals surface area contributed by atoms with Crippen molar-refractivity contribution in [1.29, 1.82) is 5.26 Å². The third kappa shape index (κ3) is 3.05. The molecular formula is C21H22N2O. The Kier molecular flexibility index (Phi) is 4.40. The molecule has 0 aliphatic carbocycles. The number of rotatable bonds is 3. The summed E-state index contributed by atoms with van der Waals surface area (Å²) in [5.74, 6) is 0.0430. The van der Waals surface area contributed by atoms with Crippen molar-refractivity contribution >= 4 is 11.5 Å². The molecule has 0 spiro atoms. The fourth-order valence-corrected chi connectivity index (χ4v) is 3.68. The van der Waals surface area contributed by atoms with E-state index >= 15 is 0 Å². The summed E-state index contributed by atoms with van der Waals surface area (Å²) in [6.07, 6.45) is 2.19. The van der Waals surface area contributed by atoms with Crippen LogP contribution in [0.5, 0.6) is 0 Å². The number of benzene rings is 2. The standard InChI is InChI=1S/C21H22N2O/c1-16(24)19-10-9-17(14-22)13-20(19)23-12-6-11-21(2,15-23)18-7-4-3-5-8-18/h3-5,7-10,13H,6,11-12,15H2,1-2H3. The fourth-order valence-electron chi connectivity index (χ4n) is 3.68. The summed E-state index contributed by atoms with van der Waals surface area (Å²) in [5.41, 5.74) is 3.57. The summed E-state index contributed by atoms with van der Waals surface area (Å²) in [5, 5.41) is 9.22. The minimum atomic E-state index is 0.0430. The van der Waals surface area contributed by atoms with Gasteiger partial charge in [-0.2, -0.15) is 5.26 Å². The van der Waals surface area contributed by atoms with Crippen molar-refractivity contribution in [3.63, 3.8) is 0 Å². The summed E-state index contributed by atoms with van der Waals surface area (Å²) in [6.45, 7) is 5.64. The number of anilines is 1. The van der Waals surface area contributed by atoms with Crippen LogP contribution >= 0.6 is 0 Å². The van der Waals surface area contributed by atoms with E-state index in [1.807, 2.05) is 12.1 Å². The zero-order chi connectivity index (χ0) is 17.2. The van der Waals surface area contributed by atoms with Gasteiger partial charge in [-0.05, 0) is 43.5 Å². The molecule has 1 unspecified atom stereocenters. The number of nitriles is 1. The molecule has 0 N–H and O–H groups in total. The first-order valence-corrected chi connectivity index (χ1v) is 8.39. The molecule has 0 aromatic heterocycles. The van der Waals surface area contributed by atoms with Gasteiger partial charge < -0.3 is 4.90 Å². The minimum absolute atomic E-state index is 0.0430. The van der Waals surface area contributed by atoms with E-state index < -0.39 is 0 Å². The van der Waals surface area contributed by atoms with E-state index in [1.54, 1.807) is 19.1 Å². The number of nitrogens with zero attached hydrogens (tertiary/aromatic N) is 2. The van der Waals surface area contributed by atoms with Crippen LogP contribution in [0.1, 0.15) is 48.2 Å². The van der Waals surface area contributed by atoms with E-state index in [-0.39, 0.29) is 11.2 Å². The van der Waals surface area contributed by atoms with Crippen LogP contribution in [0.25, 0.3) is 0 Å². The number of carbonyl (C=O) groups is 1. The second-order valence-corrected chi connectivity index (χ2v) is 6.85. The lowest BCUT2D eigenvalue weighted by Crippen LogP contribution is -2.44. The highest BCUT2D eigenvalue weighted by Crippen LogP contribution is 2.36. The Hall–Kier alpha value is -2.60. The summed E-state index contributed by atoms with van der Waals surface area (Å²) in [4.78, 5) is 14.3. The number of ketones is 1. The quantitative estimate of drug-likeness (QED) is 0.792. The summed E-state index contributed by atoms with van der Waals surface area (Å²) < 4.78 is 0. The van der Waals surface area contributed by atoms with Crippen molar-refractivity contribution in [3.8, 4) is 6.07 Å². The monoisotopic (exact) mass is 318 g/mol. The average molecular weight is 318 g/mol. The van der Waals surface area contributed by atoms with Crippen LogP contribution in [0.3, 0.4) is 0 Å². The Morgan fingerprint density at radius 1 is 1.21 bits per heavy atom. The van der Waals surface area contributed by atoms with Gasteiger partial charge >= 0.3 is 0 Å². The maximum Gasteiger partial charge on any atom is 0.161 e. The second-order valence-electron chi connectivity index (χ2n) is 6.85. The predicted octanol–water partition coefficient (Wildman–Crippen LogP) is 4.32. The average Bonchev–Trinajstić information content (AvgIpc) is 2.62. The van der Waals surface area contributed by atoms with Gasteiger partial charge in [0.2, 0.25) is 0 Å². The molecule has 2 aromatic rings. The third-order valence-electron chi connectivity index (χ3n) is 5.01. The van der Waals surface area contributed by atoms with Crippen LogP contribution in [0.4, 0.5) is 5.69 Å². The zero-order valence-corrected chi connectivity index (χ0v) is 14.2. The molecule has 0 saturated carbocycles. The van der Waals surface area contributed by atoms with Crippen molar-refractivity contribution in [2.45, 2.75) is 32.1 Å². The van der Waals surface area contributed by atoms with Gasteiger partial charge in [-0.1, -0.05) is 37.3 Å². The molecule has 1 aliphatic rings. The molecule has 2 aromatic carbocycles. The first-order chi connectivity index (χ1) is 11.5. The van der Waals surface area contributed by atoms with Crippen LogP contribution in [0, 0.1) is 11.3 Å². The highest BCUT2D eigenvalue weighted by atomic mass is 16.1. The first kappa shape index (κ1) is 16.3. The molecule has 1 saturated heterocycles. The van der Waals surface area contributed by atoms with E-state index in [2.05, 4.69) is 42.2 Å². The lowest BCUT2D eigenvalue weighted by Gasteiger charge is -2.42. The van der Waals surface area contributed by atoms with Gasteiger partial charge in [0.15, 0.2) is 5.78 Å². The predicted molar refractivity (Wildman–Crippen MR) is 96.4 cm³/mol. The van der Waals surface area contributed by atoms with Crippen molar-refractivity contribution in [2.24, 2.45) is 0 Å². The number of piperidine rings is 1. The number of hydrogen-bond acceptors (Lipinski definition) is 3. The Balaban J connectivity index is 1.99. The van der Waals surface area contributed by atoms with Crippen LogP contribution in [0.15, 0.2) is 48.5 Å². The molecular weight excluding hydrogens is 296 g/mol. The first-order valence-electron chi connectivity index (χ1n) is 8.39. The number of carbonyl (C=O) groups excluding carboxylic acids is 1. The zero-order valence-electron chi connectivity index (χ0n) is 14.2. The smallest absolute Gasteiger partial charge is 0.161 e. The molecule has 3 nitrogen and oxygen atoms in total. The largest absolute Gasteiger partial charge is 0.370 e. The Bertz CT molecular complexity index is 791. The Labute approximate surface area is 143 Å². The van der Waals surface area contributed by atoms with Crippen molar-refractivity contribution in [1.82, 2.24) is 0 Å². The van der Waals surface area contributed by atoms with Gasteiger partial charge in [-0.15, -0.1) is 0 Å². The maximum atomic E-state index is 12.0. The second kappa shape index (κ2) is 6.49.